The Labute approximate surface area is 192 Å². The van der Waals surface area contributed by atoms with Gasteiger partial charge in [0.15, 0.2) is 0 Å². The Morgan fingerprint density at radius 1 is 1.00 bits per heavy atom. The number of fused-ring (bicyclic) bond motifs is 2. The van der Waals surface area contributed by atoms with E-state index in [9.17, 15) is 13.2 Å². The molecule has 2 amide bonds. The van der Waals surface area contributed by atoms with Crippen molar-refractivity contribution in [1.82, 2.24) is 14.5 Å². The van der Waals surface area contributed by atoms with Gasteiger partial charge in [0, 0.05) is 18.3 Å². The van der Waals surface area contributed by atoms with Crippen molar-refractivity contribution in [3.05, 3.63) is 28.3 Å². The summed E-state index contributed by atoms with van der Waals surface area (Å²) in [6, 6.07) is 2.17. The molecule has 0 saturated carbocycles. The van der Waals surface area contributed by atoms with Gasteiger partial charge in [-0.05, 0) is 106 Å². The lowest BCUT2D eigenvalue weighted by atomic mass is 9.99. The average Bonchev–Trinajstić information content (AvgIpc) is 3.53. The van der Waals surface area contributed by atoms with E-state index in [0.717, 1.165) is 83.2 Å². The molecule has 32 heavy (non-hydrogen) atoms. The Hall–Kier alpha value is -1.64. The number of rotatable bonds is 5. The number of sulfonamides is 1. The van der Waals surface area contributed by atoms with Gasteiger partial charge in [0.2, 0.25) is 10.0 Å². The second-order valence-electron chi connectivity index (χ2n) is 9.91. The van der Waals surface area contributed by atoms with E-state index in [4.69, 9.17) is 0 Å². The van der Waals surface area contributed by atoms with E-state index in [-0.39, 0.29) is 0 Å². The number of urea groups is 1. The summed E-state index contributed by atoms with van der Waals surface area (Å²) in [4.78, 5) is 17.6. The van der Waals surface area contributed by atoms with Crippen molar-refractivity contribution in [2.75, 3.05) is 38.0 Å². The molecular formula is C24H36N4O3S. The highest BCUT2D eigenvalue weighted by molar-refractivity contribution is 7.90. The first-order valence-electron chi connectivity index (χ1n) is 12.4. The maximum atomic E-state index is 13.0. The van der Waals surface area contributed by atoms with Crippen molar-refractivity contribution < 1.29 is 13.2 Å². The first-order valence-corrected chi connectivity index (χ1v) is 13.9. The monoisotopic (exact) mass is 460 g/mol. The molecule has 0 spiro atoms. The van der Waals surface area contributed by atoms with E-state index in [2.05, 4.69) is 32.8 Å². The number of nitrogens with one attached hydrogen (secondary N) is 2. The summed E-state index contributed by atoms with van der Waals surface area (Å²) in [5.41, 5.74) is 5.96. The largest absolute Gasteiger partial charge is 0.332 e. The number of carbonyl (C=O) groups excluding carboxylic acids is 1. The molecule has 8 heteroatoms. The van der Waals surface area contributed by atoms with E-state index >= 15 is 0 Å². The smallest absolute Gasteiger partial charge is 0.307 e. The first kappa shape index (κ1) is 22.2. The van der Waals surface area contributed by atoms with Crippen LogP contribution in [0.3, 0.4) is 0 Å². The van der Waals surface area contributed by atoms with Gasteiger partial charge in [-0.15, -0.1) is 0 Å². The Morgan fingerprint density at radius 3 is 2.28 bits per heavy atom. The fourth-order valence-electron chi connectivity index (χ4n) is 6.26. The highest BCUT2D eigenvalue weighted by atomic mass is 32.2. The van der Waals surface area contributed by atoms with Crippen LogP contribution < -0.4 is 10.0 Å². The van der Waals surface area contributed by atoms with Crippen molar-refractivity contribution in [3.63, 3.8) is 0 Å². The molecule has 2 heterocycles. The van der Waals surface area contributed by atoms with Crippen LogP contribution in [0.15, 0.2) is 6.07 Å². The van der Waals surface area contributed by atoms with Crippen LogP contribution in [-0.4, -0.2) is 68.3 Å². The second kappa shape index (κ2) is 8.95. The molecule has 176 valence electrons. The minimum absolute atomic E-state index is 0.460. The number of aryl methyl sites for hydroxylation is 2. The lowest BCUT2D eigenvalue weighted by molar-refractivity contribution is 0.131. The molecule has 5 rings (SSSR count). The normalized spacial score (nSPS) is 24.5. The van der Waals surface area contributed by atoms with Gasteiger partial charge in [-0.1, -0.05) is 13.0 Å². The van der Waals surface area contributed by atoms with Crippen LogP contribution >= 0.6 is 0 Å². The Kier molecular flexibility index (Phi) is 6.20. The predicted octanol–water partition coefficient (Wildman–Crippen LogP) is 2.67. The van der Waals surface area contributed by atoms with Crippen molar-refractivity contribution in [3.8, 4) is 0 Å². The highest BCUT2D eigenvalue weighted by Crippen LogP contribution is 2.38. The summed E-state index contributed by atoms with van der Waals surface area (Å²) in [5.74, 6) is 0. The van der Waals surface area contributed by atoms with Gasteiger partial charge in [0.05, 0.1) is 5.25 Å². The van der Waals surface area contributed by atoms with Crippen LogP contribution in [0.4, 0.5) is 10.5 Å². The minimum atomic E-state index is -3.71. The van der Waals surface area contributed by atoms with Gasteiger partial charge in [0.1, 0.15) is 0 Å². The Balaban J connectivity index is 1.22. The summed E-state index contributed by atoms with van der Waals surface area (Å²) in [6.45, 7) is 6.76. The van der Waals surface area contributed by atoms with E-state index in [1.807, 2.05) is 0 Å². The van der Waals surface area contributed by atoms with Crippen molar-refractivity contribution in [1.29, 1.82) is 0 Å². The standard InChI is InChI=1S/C24H36N4O3S/c1-2-27-12-9-19(10-13-27)28-14-11-20(16-28)32(30,31)26-24(29)25-23-21-7-3-5-17(21)15-18-6-4-8-22(18)23/h15,19-20H,2-14,16H2,1H3,(H2,25,26,29). The molecule has 2 aliphatic carbocycles. The third kappa shape index (κ3) is 4.29. The number of piperidine rings is 1. The summed E-state index contributed by atoms with van der Waals surface area (Å²) >= 11 is 0. The van der Waals surface area contributed by atoms with E-state index in [0.29, 0.717) is 19.0 Å². The van der Waals surface area contributed by atoms with Crippen molar-refractivity contribution in [2.45, 2.75) is 76.0 Å². The van der Waals surface area contributed by atoms with Crippen molar-refractivity contribution in [2.24, 2.45) is 0 Å². The molecule has 1 atom stereocenters. The maximum Gasteiger partial charge on any atom is 0.332 e. The number of anilines is 1. The molecule has 1 unspecified atom stereocenters. The van der Waals surface area contributed by atoms with Crippen LogP contribution in [0.2, 0.25) is 0 Å². The zero-order valence-electron chi connectivity index (χ0n) is 19.2. The molecule has 7 nitrogen and oxygen atoms in total. The van der Waals surface area contributed by atoms with Crippen LogP contribution in [-0.2, 0) is 35.7 Å². The Bertz CT molecular complexity index is 953. The van der Waals surface area contributed by atoms with Gasteiger partial charge in [-0.3, -0.25) is 4.90 Å². The topological polar surface area (TPSA) is 81.8 Å². The molecule has 0 bridgehead atoms. The SMILES string of the molecule is CCN1CCC(N2CCC(S(=O)(=O)NC(=O)Nc3c4c(cc5c3CCC5)CCC4)C2)CC1. The summed E-state index contributed by atoms with van der Waals surface area (Å²) < 4.78 is 28.4. The number of benzene rings is 1. The zero-order valence-corrected chi connectivity index (χ0v) is 20.0. The van der Waals surface area contributed by atoms with Crippen LogP contribution in [0.25, 0.3) is 0 Å². The van der Waals surface area contributed by atoms with E-state index in [1.54, 1.807) is 0 Å². The van der Waals surface area contributed by atoms with Crippen molar-refractivity contribution >= 4 is 21.7 Å². The second-order valence-corrected chi connectivity index (χ2v) is 11.9. The fraction of sp³-hybridized carbons (Fsp3) is 0.708. The molecule has 2 saturated heterocycles. The first-order chi connectivity index (χ1) is 15.4. The lowest BCUT2D eigenvalue weighted by Gasteiger charge is -2.36. The molecule has 1 aromatic rings. The molecule has 4 aliphatic rings. The van der Waals surface area contributed by atoms with Crippen LogP contribution in [0, 0.1) is 0 Å². The van der Waals surface area contributed by atoms with Gasteiger partial charge in [-0.25, -0.2) is 17.9 Å². The highest BCUT2D eigenvalue weighted by Gasteiger charge is 2.38. The van der Waals surface area contributed by atoms with Crippen LogP contribution in [0.5, 0.6) is 0 Å². The van der Waals surface area contributed by atoms with Gasteiger partial charge in [-0.2, -0.15) is 0 Å². The number of carbonyl (C=O) groups is 1. The van der Waals surface area contributed by atoms with Gasteiger partial charge in [0.25, 0.3) is 0 Å². The van der Waals surface area contributed by atoms with Gasteiger partial charge < -0.3 is 10.2 Å². The third-order valence-electron chi connectivity index (χ3n) is 8.08. The number of hydrogen-bond donors (Lipinski definition) is 2. The fourth-order valence-corrected chi connectivity index (χ4v) is 7.54. The molecule has 2 aliphatic heterocycles. The third-order valence-corrected chi connectivity index (χ3v) is 9.81. The Morgan fingerprint density at radius 2 is 1.66 bits per heavy atom. The number of amides is 2. The predicted molar refractivity (Wildman–Crippen MR) is 127 cm³/mol. The van der Waals surface area contributed by atoms with Gasteiger partial charge >= 0.3 is 6.03 Å². The molecule has 0 radical (unpaired) electrons. The average molecular weight is 461 g/mol. The van der Waals surface area contributed by atoms with E-state index < -0.39 is 21.3 Å². The maximum absolute atomic E-state index is 13.0. The molecule has 2 fully saturated rings. The molecule has 2 N–H and O–H groups in total. The molecular weight excluding hydrogens is 424 g/mol. The number of hydrogen-bond acceptors (Lipinski definition) is 5. The number of likely N-dealkylation sites (tertiary alicyclic amines) is 2. The van der Waals surface area contributed by atoms with E-state index in [1.165, 1.54) is 22.3 Å². The number of nitrogens with zero attached hydrogens (tertiary/aromatic N) is 2. The zero-order chi connectivity index (χ0) is 22.3. The van der Waals surface area contributed by atoms with Crippen LogP contribution in [0.1, 0.15) is 61.3 Å². The quantitative estimate of drug-likeness (QED) is 0.706. The minimum Gasteiger partial charge on any atom is -0.307 e. The lowest BCUT2D eigenvalue weighted by Crippen LogP contribution is -2.46. The molecule has 1 aromatic carbocycles. The summed E-state index contributed by atoms with van der Waals surface area (Å²) in [6.07, 6.45) is 8.99. The summed E-state index contributed by atoms with van der Waals surface area (Å²) in [5, 5.41) is 2.44. The summed E-state index contributed by atoms with van der Waals surface area (Å²) in [7, 11) is -3.71. The molecule has 0 aromatic heterocycles.